The first kappa shape index (κ1) is 16.0. The smallest absolute Gasteiger partial charge is 0.126 e. The highest BCUT2D eigenvalue weighted by atomic mass is 15.1. The molecule has 0 saturated carbocycles. The van der Waals surface area contributed by atoms with Crippen molar-refractivity contribution in [1.29, 1.82) is 5.26 Å². The van der Waals surface area contributed by atoms with Crippen LogP contribution in [0.2, 0.25) is 0 Å². The maximum absolute atomic E-state index is 8.79. The first-order valence-electron chi connectivity index (χ1n) is 7.49. The van der Waals surface area contributed by atoms with Crippen LogP contribution in [-0.2, 0) is 6.42 Å². The number of rotatable bonds is 6. The predicted molar refractivity (Wildman–Crippen MR) is 89.7 cm³/mol. The van der Waals surface area contributed by atoms with Crippen LogP contribution in [-0.4, -0.2) is 30.5 Å². The number of nitrogens with zero attached hydrogens (tertiary/aromatic N) is 3. The van der Waals surface area contributed by atoms with Gasteiger partial charge in [0.25, 0.3) is 0 Å². The predicted octanol–water partition coefficient (Wildman–Crippen LogP) is 3.23. The normalized spacial score (nSPS) is 12.0. The van der Waals surface area contributed by atoms with Crippen LogP contribution >= 0.6 is 0 Å². The number of pyridine rings is 1. The molecule has 1 N–H and O–H groups in total. The number of hydrogen-bond donors (Lipinski definition) is 1. The van der Waals surface area contributed by atoms with Gasteiger partial charge in [-0.15, -0.1) is 0 Å². The minimum atomic E-state index is 0.267. The van der Waals surface area contributed by atoms with Crippen molar-refractivity contribution in [2.75, 3.05) is 26.0 Å². The van der Waals surface area contributed by atoms with Crippen LogP contribution in [0.5, 0.6) is 0 Å². The van der Waals surface area contributed by atoms with Crippen LogP contribution in [0.25, 0.3) is 0 Å². The SMILES string of the molecule is CCc1ccc(C(CNc2ccc(C#N)cn2)N(C)C)cc1. The van der Waals surface area contributed by atoms with Gasteiger partial charge < -0.3 is 10.2 Å². The van der Waals surface area contributed by atoms with Gasteiger partial charge in [-0.1, -0.05) is 31.2 Å². The van der Waals surface area contributed by atoms with E-state index in [1.54, 1.807) is 12.3 Å². The Bertz CT molecular complexity index is 624. The number of aromatic nitrogens is 1. The fourth-order valence-corrected chi connectivity index (χ4v) is 2.34. The molecule has 1 aromatic carbocycles. The highest BCUT2D eigenvalue weighted by molar-refractivity contribution is 5.39. The zero-order valence-electron chi connectivity index (χ0n) is 13.4. The van der Waals surface area contributed by atoms with Crippen molar-refractivity contribution >= 4 is 5.82 Å². The number of nitriles is 1. The minimum absolute atomic E-state index is 0.267. The molecule has 0 aliphatic carbocycles. The summed E-state index contributed by atoms with van der Waals surface area (Å²) in [5, 5.41) is 12.1. The number of hydrogen-bond acceptors (Lipinski definition) is 4. The molecule has 1 heterocycles. The maximum atomic E-state index is 8.79. The number of nitrogens with one attached hydrogen (secondary N) is 1. The maximum Gasteiger partial charge on any atom is 0.126 e. The van der Waals surface area contributed by atoms with Crippen molar-refractivity contribution < 1.29 is 0 Å². The van der Waals surface area contributed by atoms with E-state index in [1.165, 1.54) is 11.1 Å². The third kappa shape index (κ3) is 4.06. The summed E-state index contributed by atoms with van der Waals surface area (Å²) >= 11 is 0. The average molecular weight is 294 g/mol. The zero-order valence-corrected chi connectivity index (χ0v) is 13.4. The second-order valence-corrected chi connectivity index (χ2v) is 5.50. The molecule has 0 bridgehead atoms. The summed E-state index contributed by atoms with van der Waals surface area (Å²) in [4.78, 5) is 6.44. The Labute approximate surface area is 132 Å². The van der Waals surface area contributed by atoms with E-state index in [4.69, 9.17) is 5.26 Å². The Hall–Kier alpha value is -2.38. The Morgan fingerprint density at radius 1 is 1.18 bits per heavy atom. The minimum Gasteiger partial charge on any atom is -0.368 e. The first-order chi connectivity index (χ1) is 10.6. The van der Waals surface area contributed by atoms with Gasteiger partial charge in [0.1, 0.15) is 11.9 Å². The highest BCUT2D eigenvalue weighted by Gasteiger charge is 2.14. The Morgan fingerprint density at radius 2 is 1.91 bits per heavy atom. The molecule has 2 aromatic rings. The molecule has 0 spiro atoms. The fourth-order valence-electron chi connectivity index (χ4n) is 2.34. The molecule has 0 fully saturated rings. The molecule has 1 unspecified atom stereocenters. The summed E-state index contributed by atoms with van der Waals surface area (Å²) in [6, 6.07) is 14.7. The Morgan fingerprint density at radius 3 is 2.41 bits per heavy atom. The number of anilines is 1. The van der Waals surface area contributed by atoms with Crippen LogP contribution in [0.3, 0.4) is 0 Å². The molecule has 4 nitrogen and oxygen atoms in total. The molecule has 0 aliphatic rings. The second kappa shape index (κ2) is 7.58. The second-order valence-electron chi connectivity index (χ2n) is 5.50. The third-order valence-corrected chi connectivity index (χ3v) is 3.77. The highest BCUT2D eigenvalue weighted by Crippen LogP contribution is 2.19. The lowest BCUT2D eigenvalue weighted by atomic mass is 10.0. The van der Waals surface area contributed by atoms with Crippen LogP contribution in [0.15, 0.2) is 42.6 Å². The number of likely N-dealkylation sites (N-methyl/N-ethyl adjacent to an activating group) is 1. The van der Waals surface area contributed by atoms with Gasteiger partial charge in [-0.05, 0) is 43.8 Å². The van der Waals surface area contributed by atoms with Gasteiger partial charge in [0.05, 0.1) is 11.6 Å². The number of aryl methyl sites for hydroxylation is 1. The lowest BCUT2D eigenvalue weighted by Crippen LogP contribution is -2.27. The summed E-state index contributed by atoms with van der Waals surface area (Å²) in [7, 11) is 4.15. The van der Waals surface area contributed by atoms with E-state index in [9.17, 15) is 0 Å². The zero-order chi connectivity index (χ0) is 15.9. The summed E-state index contributed by atoms with van der Waals surface area (Å²) in [6.07, 6.45) is 2.64. The van der Waals surface area contributed by atoms with Crippen LogP contribution < -0.4 is 5.32 Å². The summed E-state index contributed by atoms with van der Waals surface area (Å²) in [5.74, 6) is 0.788. The molecule has 0 saturated heterocycles. The molecular formula is C18H22N4. The Balaban J connectivity index is 2.06. The van der Waals surface area contributed by atoms with Gasteiger partial charge >= 0.3 is 0 Å². The van der Waals surface area contributed by atoms with Crippen molar-refractivity contribution in [2.24, 2.45) is 0 Å². The van der Waals surface area contributed by atoms with Crippen molar-refractivity contribution in [3.8, 4) is 6.07 Å². The van der Waals surface area contributed by atoms with Crippen LogP contribution in [0.1, 0.15) is 29.7 Å². The van der Waals surface area contributed by atoms with E-state index in [0.717, 1.165) is 18.8 Å². The topological polar surface area (TPSA) is 52.0 Å². The first-order valence-corrected chi connectivity index (χ1v) is 7.49. The van der Waals surface area contributed by atoms with Crippen molar-refractivity contribution in [3.05, 3.63) is 59.3 Å². The molecule has 1 aromatic heterocycles. The van der Waals surface area contributed by atoms with Gasteiger partial charge in [-0.25, -0.2) is 4.98 Å². The van der Waals surface area contributed by atoms with E-state index in [0.29, 0.717) is 5.56 Å². The van der Waals surface area contributed by atoms with Crippen molar-refractivity contribution in [3.63, 3.8) is 0 Å². The largest absolute Gasteiger partial charge is 0.368 e. The van der Waals surface area contributed by atoms with Gasteiger partial charge in [0.2, 0.25) is 0 Å². The lowest BCUT2D eigenvalue weighted by Gasteiger charge is -2.25. The third-order valence-electron chi connectivity index (χ3n) is 3.77. The van der Waals surface area contributed by atoms with Crippen LogP contribution in [0, 0.1) is 11.3 Å². The van der Waals surface area contributed by atoms with Gasteiger partial charge in [-0.3, -0.25) is 0 Å². The van der Waals surface area contributed by atoms with Gasteiger partial charge in [-0.2, -0.15) is 5.26 Å². The molecule has 2 rings (SSSR count). The van der Waals surface area contributed by atoms with E-state index in [2.05, 4.69) is 66.6 Å². The van der Waals surface area contributed by atoms with Crippen LogP contribution in [0.4, 0.5) is 5.82 Å². The molecule has 114 valence electrons. The molecular weight excluding hydrogens is 272 g/mol. The lowest BCUT2D eigenvalue weighted by molar-refractivity contribution is 0.311. The monoisotopic (exact) mass is 294 g/mol. The molecule has 22 heavy (non-hydrogen) atoms. The molecule has 4 heteroatoms. The number of benzene rings is 1. The van der Waals surface area contributed by atoms with E-state index < -0.39 is 0 Å². The standard InChI is InChI=1S/C18H22N4/c1-4-14-5-8-16(9-6-14)17(22(2)3)13-21-18-10-7-15(11-19)12-20-18/h5-10,12,17H,4,13H2,1-3H3,(H,20,21). The molecule has 0 amide bonds. The molecule has 1 atom stereocenters. The van der Waals surface area contributed by atoms with Gasteiger partial charge in [0, 0.05) is 12.7 Å². The van der Waals surface area contributed by atoms with Crippen molar-refractivity contribution in [2.45, 2.75) is 19.4 Å². The quantitative estimate of drug-likeness (QED) is 0.888. The summed E-state index contributed by atoms with van der Waals surface area (Å²) in [5.41, 5.74) is 3.20. The fraction of sp³-hybridized carbons (Fsp3) is 0.333. The van der Waals surface area contributed by atoms with E-state index in [1.807, 2.05) is 6.07 Å². The van der Waals surface area contributed by atoms with Gasteiger partial charge in [0.15, 0.2) is 0 Å². The Kier molecular flexibility index (Phi) is 5.51. The summed E-state index contributed by atoms with van der Waals surface area (Å²) in [6.45, 7) is 2.92. The summed E-state index contributed by atoms with van der Waals surface area (Å²) < 4.78 is 0. The molecule has 0 radical (unpaired) electrons. The average Bonchev–Trinajstić information content (AvgIpc) is 2.56. The molecule has 0 aliphatic heterocycles. The van der Waals surface area contributed by atoms with E-state index in [-0.39, 0.29) is 6.04 Å². The van der Waals surface area contributed by atoms with Crippen molar-refractivity contribution in [1.82, 2.24) is 9.88 Å². The van der Waals surface area contributed by atoms with E-state index >= 15 is 0 Å².